The summed E-state index contributed by atoms with van der Waals surface area (Å²) in [6.45, 7) is 5.52. The van der Waals surface area contributed by atoms with E-state index in [2.05, 4.69) is 19.2 Å². The maximum absolute atomic E-state index is 10.7. The Morgan fingerprint density at radius 3 is 2.90 bits per heavy atom. The number of nitrogens with one attached hydrogen (secondary N) is 1. The van der Waals surface area contributed by atoms with Crippen molar-refractivity contribution in [1.29, 1.82) is 0 Å². The van der Waals surface area contributed by atoms with Crippen molar-refractivity contribution in [2.24, 2.45) is 0 Å². The zero-order valence-electron chi connectivity index (χ0n) is 11.7. The third-order valence-electron chi connectivity index (χ3n) is 3.53. The van der Waals surface area contributed by atoms with Gasteiger partial charge in [-0.05, 0) is 38.3 Å². The molecule has 1 aromatic rings. The van der Waals surface area contributed by atoms with Crippen molar-refractivity contribution in [3.05, 3.63) is 38.9 Å². The second-order valence-electron chi connectivity index (χ2n) is 5.71. The Hall–Kier alpha value is -1.17. The maximum atomic E-state index is 10.7. The lowest BCUT2D eigenvalue weighted by Gasteiger charge is -2.36. The molecule has 0 bridgehead atoms. The predicted molar refractivity (Wildman–Crippen MR) is 78.0 cm³/mol. The third-order valence-corrected chi connectivity index (χ3v) is 3.88. The minimum Gasteiger partial charge on any atom is -0.375 e. The molecule has 0 aromatic heterocycles. The van der Waals surface area contributed by atoms with E-state index in [-0.39, 0.29) is 11.3 Å². The largest absolute Gasteiger partial charge is 0.375 e. The highest BCUT2D eigenvalue weighted by molar-refractivity contribution is 6.31. The Morgan fingerprint density at radius 2 is 2.30 bits per heavy atom. The van der Waals surface area contributed by atoms with Crippen molar-refractivity contribution in [3.8, 4) is 0 Å². The molecule has 2 rings (SSSR count). The van der Waals surface area contributed by atoms with E-state index in [0.29, 0.717) is 17.6 Å². The number of hydrogen-bond donors (Lipinski definition) is 1. The number of nitro groups is 1. The maximum Gasteiger partial charge on any atom is 0.270 e. The smallest absolute Gasteiger partial charge is 0.270 e. The molecule has 1 N–H and O–H groups in total. The fourth-order valence-electron chi connectivity index (χ4n) is 2.45. The van der Waals surface area contributed by atoms with Gasteiger partial charge in [0.25, 0.3) is 5.69 Å². The van der Waals surface area contributed by atoms with Crippen molar-refractivity contribution < 1.29 is 9.66 Å². The van der Waals surface area contributed by atoms with Gasteiger partial charge in [-0.1, -0.05) is 11.6 Å². The summed E-state index contributed by atoms with van der Waals surface area (Å²) in [5.41, 5.74) is 0.794. The Bertz CT molecular complexity index is 505. The van der Waals surface area contributed by atoms with Crippen molar-refractivity contribution in [3.63, 3.8) is 0 Å². The highest BCUT2D eigenvalue weighted by Crippen LogP contribution is 2.26. The van der Waals surface area contributed by atoms with E-state index in [0.717, 1.165) is 25.0 Å². The summed E-state index contributed by atoms with van der Waals surface area (Å²) in [5, 5.41) is 14.5. The molecule has 1 aliphatic rings. The van der Waals surface area contributed by atoms with Crippen LogP contribution in [0.5, 0.6) is 0 Å². The first kappa shape index (κ1) is 15.2. The van der Waals surface area contributed by atoms with Gasteiger partial charge in [-0.25, -0.2) is 0 Å². The van der Waals surface area contributed by atoms with Crippen LogP contribution in [0.1, 0.15) is 32.3 Å². The predicted octanol–water partition coefficient (Wildman–Crippen LogP) is 3.30. The lowest BCUT2D eigenvalue weighted by atomic mass is 9.94. The second-order valence-corrected chi connectivity index (χ2v) is 6.12. The summed E-state index contributed by atoms with van der Waals surface area (Å²) in [7, 11) is 0. The molecule has 0 spiro atoms. The van der Waals surface area contributed by atoms with Gasteiger partial charge in [-0.15, -0.1) is 0 Å². The fraction of sp³-hybridized carbons (Fsp3) is 0.571. The van der Waals surface area contributed by atoms with Crippen molar-refractivity contribution >= 4 is 17.3 Å². The van der Waals surface area contributed by atoms with Gasteiger partial charge in [0.1, 0.15) is 0 Å². The summed E-state index contributed by atoms with van der Waals surface area (Å²) in [5.74, 6) is 0. The number of nitrogens with zero attached hydrogens (tertiary/aromatic N) is 1. The number of ether oxygens (including phenoxy) is 1. The Morgan fingerprint density at radius 1 is 1.55 bits per heavy atom. The van der Waals surface area contributed by atoms with Gasteiger partial charge in [0.2, 0.25) is 0 Å². The minimum absolute atomic E-state index is 0.0194. The summed E-state index contributed by atoms with van der Waals surface area (Å²) < 4.78 is 5.67. The molecular weight excluding hydrogens is 280 g/mol. The molecule has 1 heterocycles. The summed E-state index contributed by atoms with van der Waals surface area (Å²) in [6.07, 6.45) is 1.91. The molecule has 5 nitrogen and oxygen atoms in total. The van der Waals surface area contributed by atoms with E-state index in [4.69, 9.17) is 16.3 Å². The number of halogens is 1. The van der Waals surface area contributed by atoms with Crippen molar-refractivity contribution in [1.82, 2.24) is 5.32 Å². The van der Waals surface area contributed by atoms with E-state index in [1.165, 1.54) is 12.1 Å². The zero-order chi connectivity index (χ0) is 14.8. The quantitative estimate of drug-likeness (QED) is 0.684. The van der Waals surface area contributed by atoms with Gasteiger partial charge < -0.3 is 10.1 Å². The van der Waals surface area contributed by atoms with Crippen LogP contribution < -0.4 is 5.32 Å². The highest BCUT2D eigenvalue weighted by Gasteiger charge is 2.28. The molecule has 1 atom stereocenters. The SMILES string of the molecule is CC1(C)CC(NCc2ccc([N+](=O)[O-])cc2Cl)CCO1. The zero-order valence-corrected chi connectivity index (χ0v) is 12.4. The van der Waals surface area contributed by atoms with Crippen LogP contribution in [0.25, 0.3) is 0 Å². The average Bonchev–Trinajstić information content (AvgIpc) is 2.36. The summed E-state index contributed by atoms with van der Waals surface area (Å²) in [4.78, 5) is 10.2. The lowest BCUT2D eigenvalue weighted by Crippen LogP contribution is -2.43. The Kier molecular flexibility index (Phi) is 4.62. The van der Waals surface area contributed by atoms with Gasteiger partial charge in [0.05, 0.1) is 15.5 Å². The molecule has 0 amide bonds. The van der Waals surface area contributed by atoms with E-state index in [9.17, 15) is 10.1 Å². The topological polar surface area (TPSA) is 64.4 Å². The van der Waals surface area contributed by atoms with Gasteiger partial charge in [-0.2, -0.15) is 0 Å². The van der Waals surface area contributed by atoms with Crippen LogP contribution in [-0.4, -0.2) is 23.2 Å². The molecule has 0 saturated carbocycles. The molecule has 1 fully saturated rings. The van der Waals surface area contributed by atoms with E-state index < -0.39 is 4.92 Å². The monoisotopic (exact) mass is 298 g/mol. The number of non-ortho nitro benzene ring substituents is 1. The molecule has 20 heavy (non-hydrogen) atoms. The van der Waals surface area contributed by atoms with E-state index in [1.54, 1.807) is 6.07 Å². The summed E-state index contributed by atoms with van der Waals surface area (Å²) >= 11 is 6.08. The average molecular weight is 299 g/mol. The number of hydrogen-bond acceptors (Lipinski definition) is 4. The van der Waals surface area contributed by atoms with Crippen molar-refractivity contribution in [2.75, 3.05) is 6.61 Å². The van der Waals surface area contributed by atoms with Crippen LogP contribution in [0.15, 0.2) is 18.2 Å². The molecule has 1 saturated heterocycles. The molecule has 6 heteroatoms. The Labute approximate surface area is 123 Å². The van der Waals surface area contributed by atoms with E-state index >= 15 is 0 Å². The molecule has 1 unspecified atom stereocenters. The molecule has 110 valence electrons. The highest BCUT2D eigenvalue weighted by atomic mass is 35.5. The van der Waals surface area contributed by atoms with Gasteiger partial charge >= 0.3 is 0 Å². The van der Waals surface area contributed by atoms with Gasteiger partial charge in [-0.3, -0.25) is 10.1 Å². The minimum atomic E-state index is -0.440. The van der Waals surface area contributed by atoms with Crippen LogP contribution in [0, 0.1) is 10.1 Å². The molecular formula is C14H19ClN2O3. The molecule has 0 aliphatic carbocycles. The fourth-order valence-corrected chi connectivity index (χ4v) is 2.70. The van der Waals surface area contributed by atoms with Crippen LogP contribution in [-0.2, 0) is 11.3 Å². The first-order valence-corrected chi connectivity index (χ1v) is 7.05. The summed E-state index contributed by atoms with van der Waals surface area (Å²) in [6, 6.07) is 4.96. The van der Waals surface area contributed by atoms with Crippen molar-refractivity contribution in [2.45, 2.75) is 44.9 Å². The number of benzene rings is 1. The standard InChI is InChI=1S/C14H19ClN2O3/c1-14(2)8-11(5-6-20-14)16-9-10-3-4-12(17(18)19)7-13(10)15/h3-4,7,11,16H,5-6,8-9H2,1-2H3. The van der Waals surface area contributed by atoms with Crippen LogP contribution in [0.3, 0.4) is 0 Å². The van der Waals surface area contributed by atoms with Crippen LogP contribution >= 0.6 is 11.6 Å². The van der Waals surface area contributed by atoms with Crippen LogP contribution in [0.4, 0.5) is 5.69 Å². The van der Waals surface area contributed by atoms with Gasteiger partial charge in [0, 0.05) is 31.3 Å². The number of nitro benzene ring substituents is 1. The Balaban J connectivity index is 1.95. The van der Waals surface area contributed by atoms with Crippen LogP contribution in [0.2, 0.25) is 5.02 Å². The van der Waals surface area contributed by atoms with Gasteiger partial charge in [0.15, 0.2) is 0 Å². The number of rotatable bonds is 4. The molecule has 1 aliphatic heterocycles. The second kappa shape index (κ2) is 6.08. The third kappa shape index (κ3) is 3.91. The molecule has 1 aromatic carbocycles. The normalized spacial score (nSPS) is 21.6. The lowest BCUT2D eigenvalue weighted by molar-refractivity contribution is -0.384. The van der Waals surface area contributed by atoms with E-state index in [1.807, 2.05) is 0 Å². The first-order valence-electron chi connectivity index (χ1n) is 6.67. The first-order chi connectivity index (χ1) is 9.37. The molecule has 0 radical (unpaired) electrons.